The van der Waals surface area contributed by atoms with Gasteiger partial charge in [-0.25, -0.2) is 4.39 Å². The highest BCUT2D eigenvalue weighted by atomic mass is 32.2. The lowest BCUT2D eigenvalue weighted by molar-refractivity contribution is -0.123. The molecule has 3 aromatic rings. The zero-order valence-electron chi connectivity index (χ0n) is 17.9. The highest BCUT2D eigenvalue weighted by Crippen LogP contribution is 2.32. The Morgan fingerprint density at radius 1 is 1.27 bits per heavy atom. The van der Waals surface area contributed by atoms with Crippen LogP contribution in [-0.2, 0) is 16.0 Å². The molecule has 0 bridgehead atoms. The van der Waals surface area contributed by atoms with Crippen LogP contribution in [0.5, 0.6) is 5.75 Å². The van der Waals surface area contributed by atoms with Gasteiger partial charge in [0.2, 0.25) is 5.91 Å². The maximum absolute atomic E-state index is 13.5. The Morgan fingerprint density at radius 3 is 2.82 bits per heavy atom. The molecule has 1 aliphatic rings. The molecular formula is C24H22FN3O3S2. The monoisotopic (exact) mass is 483 g/mol. The van der Waals surface area contributed by atoms with E-state index in [0.29, 0.717) is 22.2 Å². The standard InChI is InChI=1S/C24H22FN3O3S2/c1-31-18-5-2-15(3-6-18)12-21-23(30)28(24(32)33-21)11-9-22(29)26-10-8-16-14-27-20-7-4-17(25)13-19(16)20/h2-7,12-14,27H,8-11H2,1H3,(H,26,29). The van der Waals surface area contributed by atoms with E-state index in [1.165, 1.54) is 28.8 Å². The summed E-state index contributed by atoms with van der Waals surface area (Å²) in [4.78, 5) is 30.1. The molecule has 170 valence electrons. The summed E-state index contributed by atoms with van der Waals surface area (Å²) in [7, 11) is 1.60. The SMILES string of the molecule is COc1ccc(C=C2SC(=S)N(CCC(=O)NCCc3c[nH]c4ccc(F)cc34)C2=O)cc1. The third-order valence-electron chi connectivity index (χ3n) is 5.30. The van der Waals surface area contributed by atoms with Crippen molar-refractivity contribution in [2.24, 2.45) is 0 Å². The van der Waals surface area contributed by atoms with Crippen LogP contribution in [0.1, 0.15) is 17.5 Å². The number of halogens is 1. The van der Waals surface area contributed by atoms with Crippen LogP contribution in [0.2, 0.25) is 0 Å². The zero-order chi connectivity index (χ0) is 23.4. The molecule has 2 aromatic carbocycles. The van der Waals surface area contributed by atoms with Gasteiger partial charge in [0, 0.05) is 36.6 Å². The molecule has 2 amide bonds. The smallest absolute Gasteiger partial charge is 0.266 e. The number of hydrogen-bond acceptors (Lipinski definition) is 5. The molecule has 0 unspecified atom stereocenters. The normalized spacial score (nSPS) is 15.0. The van der Waals surface area contributed by atoms with E-state index < -0.39 is 0 Å². The second-order valence-corrected chi connectivity index (χ2v) is 9.14. The summed E-state index contributed by atoms with van der Waals surface area (Å²) in [5.74, 6) is 0.0723. The number of aromatic nitrogens is 1. The summed E-state index contributed by atoms with van der Waals surface area (Å²) in [6.45, 7) is 0.632. The average molecular weight is 484 g/mol. The average Bonchev–Trinajstić information content (AvgIpc) is 3.32. The Hall–Kier alpha value is -3.17. The Balaban J connectivity index is 1.27. The quantitative estimate of drug-likeness (QED) is 0.370. The Bertz CT molecular complexity index is 1240. The molecule has 1 aromatic heterocycles. The van der Waals surface area contributed by atoms with Crippen LogP contribution in [0.3, 0.4) is 0 Å². The Labute approximate surface area is 200 Å². The Kier molecular flexibility index (Phi) is 7.10. The van der Waals surface area contributed by atoms with E-state index in [2.05, 4.69) is 10.3 Å². The molecule has 2 N–H and O–H groups in total. The number of rotatable bonds is 8. The summed E-state index contributed by atoms with van der Waals surface area (Å²) in [6, 6.07) is 12.0. The summed E-state index contributed by atoms with van der Waals surface area (Å²) < 4.78 is 19.1. The van der Waals surface area contributed by atoms with E-state index in [9.17, 15) is 14.0 Å². The van der Waals surface area contributed by atoms with Gasteiger partial charge in [-0.1, -0.05) is 36.1 Å². The number of thioether (sulfide) groups is 1. The molecule has 0 atom stereocenters. The summed E-state index contributed by atoms with van der Waals surface area (Å²) in [6.07, 6.45) is 4.32. The second-order valence-electron chi connectivity index (χ2n) is 7.46. The number of amides is 2. The van der Waals surface area contributed by atoms with E-state index in [-0.39, 0.29) is 30.6 Å². The molecule has 9 heteroatoms. The fourth-order valence-electron chi connectivity index (χ4n) is 3.54. The summed E-state index contributed by atoms with van der Waals surface area (Å²) in [5, 5.41) is 3.67. The number of hydrogen-bond donors (Lipinski definition) is 2. The van der Waals surface area contributed by atoms with Gasteiger partial charge in [-0.2, -0.15) is 0 Å². The molecule has 0 spiro atoms. The maximum Gasteiger partial charge on any atom is 0.266 e. The first-order chi connectivity index (χ1) is 15.9. The number of ether oxygens (including phenoxy) is 1. The third kappa shape index (κ3) is 5.43. The molecule has 0 aliphatic carbocycles. The predicted molar refractivity (Wildman–Crippen MR) is 132 cm³/mol. The van der Waals surface area contributed by atoms with Crippen molar-refractivity contribution < 1.29 is 18.7 Å². The van der Waals surface area contributed by atoms with Crippen LogP contribution in [-0.4, -0.2) is 46.2 Å². The van der Waals surface area contributed by atoms with Gasteiger partial charge in [-0.15, -0.1) is 0 Å². The van der Waals surface area contributed by atoms with Crippen LogP contribution >= 0.6 is 24.0 Å². The number of fused-ring (bicyclic) bond motifs is 1. The lowest BCUT2D eigenvalue weighted by Crippen LogP contribution is -2.34. The van der Waals surface area contributed by atoms with E-state index in [1.54, 1.807) is 19.3 Å². The minimum atomic E-state index is -0.295. The molecule has 0 saturated carbocycles. The van der Waals surface area contributed by atoms with E-state index in [0.717, 1.165) is 27.8 Å². The maximum atomic E-state index is 13.5. The van der Waals surface area contributed by atoms with Crippen LogP contribution in [0.25, 0.3) is 17.0 Å². The zero-order valence-corrected chi connectivity index (χ0v) is 19.5. The van der Waals surface area contributed by atoms with Crippen molar-refractivity contribution in [1.82, 2.24) is 15.2 Å². The van der Waals surface area contributed by atoms with Crippen molar-refractivity contribution >= 4 is 57.1 Å². The van der Waals surface area contributed by atoms with Gasteiger partial charge in [0.05, 0.1) is 12.0 Å². The van der Waals surface area contributed by atoms with E-state index in [1.807, 2.05) is 30.5 Å². The number of H-pyrrole nitrogens is 1. The minimum absolute atomic E-state index is 0.144. The first-order valence-corrected chi connectivity index (χ1v) is 11.6. The molecule has 33 heavy (non-hydrogen) atoms. The fraction of sp³-hybridized carbons (Fsp3) is 0.208. The van der Waals surface area contributed by atoms with Crippen LogP contribution in [0.15, 0.2) is 53.6 Å². The summed E-state index contributed by atoms with van der Waals surface area (Å²) in [5.41, 5.74) is 2.66. The number of carbonyl (C=O) groups excluding carboxylic acids is 2. The third-order valence-corrected chi connectivity index (χ3v) is 6.67. The van der Waals surface area contributed by atoms with Gasteiger partial charge in [0.25, 0.3) is 5.91 Å². The van der Waals surface area contributed by atoms with Crippen molar-refractivity contribution in [3.8, 4) is 5.75 Å². The fourth-order valence-corrected chi connectivity index (χ4v) is 4.85. The summed E-state index contributed by atoms with van der Waals surface area (Å²) >= 11 is 6.57. The Morgan fingerprint density at radius 2 is 2.06 bits per heavy atom. The molecule has 2 heterocycles. The molecule has 1 saturated heterocycles. The van der Waals surface area contributed by atoms with Gasteiger partial charge in [0.1, 0.15) is 15.9 Å². The highest BCUT2D eigenvalue weighted by Gasteiger charge is 2.32. The molecule has 4 rings (SSSR count). The van der Waals surface area contributed by atoms with Gasteiger partial charge >= 0.3 is 0 Å². The van der Waals surface area contributed by atoms with Crippen LogP contribution < -0.4 is 10.1 Å². The minimum Gasteiger partial charge on any atom is -0.497 e. The number of benzene rings is 2. The largest absolute Gasteiger partial charge is 0.497 e. The first-order valence-electron chi connectivity index (χ1n) is 10.4. The van der Waals surface area contributed by atoms with Crippen molar-refractivity contribution in [2.45, 2.75) is 12.8 Å². The van der Waals surface area contributed by atoms with Gasteiger partial charge in [-0.05, 0) is 54.0 Å². The number of methoxy groups -OCH3 is 1. The van der Waals surface area contributed by atoms with Gasteiger partial charge < -0.3 is 15.0 Å². The van der Waals surface area contributed by atoms with Gasteiger partial charge in [-0.3, -0.25) is 14.5 Å². The number of thiocarbonyl (C=S) groups is 1. The lowest BCUT2D eigenvalue weighted by Gasteiger charge is -2.14. The molecule has 0 radical (unpaired) electrons. The number of aromatic amines is 1. The number of nitrogens with one attached hydrogen (secondary N) is 2. The highest BCUT2D eigenvalue weighted by molar-refractivity contribution is 8.26. The number of nitrogens with zero attached hydrogens (tertiary/aromatic N) is 1. The molecule has 1 fully saturated rings. The lowest BCUT2D eigenvalue weighted by atomic mass is 10.1. The van der Waals surface area contributed by atoms with Crippen LogP contribution in [0.4, 0.5) is 4.39 Å². The van der Waals surface area contributed by atoms with Crippen molar-refractivity contribution in [3.63, 3.8) is 0 Å². The van der Waals surface area contributed by atoms with E-state index >= 15 is 0 Å². The van der Waals surface area contributed by atoms with Crippen molar-refractivity contribution in [3.05, 3.63) is 70.5 Å². The number of carbonyl (C=O) groups is 2. The molecule has 1 aliphatic heterocycles. The topological polar surface area (TPSA) is 74.4 Å². The van der Waals surface area contributed by atoms with Gasteiger partial charge in [0.15, 0.2) is 0 Å². The first kappa shape index (κ1) is 23.0. The van der Waals surface area contributed by atoms with E-state index in [4.69, 9.17) is 17.0 Å². The second kappa shape index (κ2) is 10.2. The van der Waals surface area contributed by atoms with Crippen LogP contribution in [0, 0.1) is 5.82 Å². The molecule has 6 nitrogen and oxygen atoms in total. The van der Waals surface area contributed by atoms with Crippen molar-refractivity contribution in [2.75, 3.05) is 20.2 Å². The molecular weight excluding hydrogens is 461 g/mol. The predicted octanol–water partition coefficient (Wildman–Crippen LogP) is 4.27. The van der Waals surface area contributed by atoms with Crippen molar-refractivity contribution in [1.29, 1.82) is 0 Å².